The van der Waals surface area contributed by atoms with Gasteiger partial charge in [-0.3, -0.25) is 9.59 Å². The van der Waals surface area contributed by atoms with Crippen molar-refractivity contribution in [3.05, 3.63) is 28.5 Å². The lowest BCUT2D eigenvalue weighted by molar-refractivity contribution is -0.172. The van der Waals surface area contributed by atoms with Crippen LogP contribution in [-0.2, 0) is 14.4 Å². The highest BCUT2D eigenvalue weighted by atomic mass is 79.9. The molecule has 7 heteroatoms. The Balaban J connectivity index is 2.12. The predicted molar refractivity (Wildman–Crippen MR) is 58.4 cm³/mol. The minimum absolute atomic E-state index is 0.0755. The molecule has 2 amide bonds. The number of pyridine rings is 1. The molecule has 1 fully saturated rings. The van der Waals surface area contributed by atoms with Gasteiger partial charge in [0.2, 0.25) is 0 Å². The van der Waals surface area contributed by atoms with Gasteiger partial charge in [0.25, 0.3) is 11.8 Å². The Morgan fingerprint density at radius 3 is 2.59 bits per heavy atom. The number of imide groups is 1. The molecule has 0 atom stereocenters. The fourth-order valence-corrected chi connectivity index (χ4v) is 1.69. The Morgan fingerprint density at radius 2 is 2.00 bits per heavy atom. The first-order valence-electron chi connectivity index (χ1n) is 4.77. The molecule has 0 radical (unpaired) electrons. The molecular weight excluding hydrogens is 292 g/mol. The molecule has 0 bridgehead atoms. The number of carbonyl (C=O) groups excluding carboxylic acids is 3. The summed E-state index contributed by atoms with van der Waals surface area (Å²) >= 11 is 3.10. The smallest absolute Gasteiger partial charge is 0.325 e. The zero-order valence-corrected chi connectivity index (χ0v) is 10.1. The van der Waals surface area contributed by atoms with Crippen molar-refractivity contribution in [2.45, 2.75) is 12.8 Å². The normalized spacial score (nSPS) is 15.2. The second-order valence-electron chi connectivity index (χ2n) is 3.33. The molecule has 17 heavy (non-hydrogen) atoms. The molecule has 88 valence electrons. The van der Waals surface area contributed by atoms with Crippen molar-refractivity contribution < 1.29 is 19.2 Å². The number of halogens is 1. The van der Waals surface area contributed by atoms with Crippen LogP contribution in [0.25, 0.3) is 0 Å². The minimum Gasteiger partial charge on any atom is -0.325 e. The molecule has 0 N–H and O–H groups in total. The van der Waals surface area contributed by atoms with E-state index in [4.69, 9.17) is 4.84 Å². The average molecular weight is 299 g/mol. The maximum Gasteiger partial charge on any atom is 0.364 e. The summed E-state index contributed by atoms with van der Waals surface area (Å²) in [7, 11) is 0. The first-order chi connectivity index (χ1) is 8.08. The van der Waals surface area contributed by atoms with Crippen LogP contribution >= 0.6 is 15.9 Å². The van der Waals surface area contributed by atoms with E-state index in [-0.39, 0.29) is 18.4 Å². The molecule has 1 saturated heterocycles. The second kappa shape index (κ2) is 4.62. The van der Waals surface area contributed by atoms with Crippen molar-refractivity contribution in [3.8, 4) is 0 Å². The minimum atomic E-state index is -0.767. The van der Waals surface area contributed by atoms with Crippen LogP contribution in [0, 0.1) is 0 Å². The molecule has 0 aliphatic carbocycles. The summed E-state index contributed by atoms with van der Waals surface area (Å²) in [6, 6.07) is 2.87. The molecule has 1 aromatic rings. The predicted octanol–water partition coefficient (Wildman–Crippen LogP) is 1.06. The van der Waals surface area contributed by atoms with E-state index in [2.05, 4.69) is 20.9 Å². The lowest BCUT2D eigenvalue weighted by atomic mass is 10.3. The fourth-order valence-electron chi connectivity index (χ4n) is 1.32. The number of carbonyl (C=O) groups is 3. The number of rotatable bonds is 2. The van der Waals surface area contributed by atoms with Crippen molar-refractivity contribution >= 4 is 33.7 Å². The zero-order valence-electron chi connectivity index (χ0n) is 8.55. The lowest BCUT2D eigenvalue weighted by Gasteiger charge is -2.12. The fraction of sp³-hybridized carbons (Fsp3) is 0.200. The van der Waals surface area contributed by atoms with Gasteiger partial charge < -0.3 is 4.84 Å². The standard InChI is InChI=1S/C10H7BrN2O4/c11-7-5-6(3-4-12-7)10(16)17-13-8(14)1-2-9(13)15/h3-5H,1-2H2. The summed E-state index contributed by atoms with van der Waals surface area (Å²) in [5.74, 6) is -1.77. The number of nitrogens with zero attached hydrogens (tertiary/aromatic N) is 2. The van der Waals surface area contributed by atoms with Crippen LogP contribution in [0.3, 0.4) is 0 Å². The van der Waals surface area contributed by atoms with Crippen LogP contribution < -0.4 is 0 Å². The number of hydrogen-bond acceptors (Lipinski definition) is 5. The average Bonchev–Trinajstić information content (AvgIpc) is 2.61. The Labute approximate surface area is 105 Å². The van der Waals surface area contributed by atoms with E-state index in [9.17, 15) is 14.4 Å². The number of hydroxylamine groups is 2. The Morgan fingerprint density at radius 1 is 1.35 bits per heavy atom. The highest BCUT2D eigenvalue weighted by Crippen LogP contribution is 2.15. The highest BCUT2D eigenvalue weighted by molar-refractivity contribution is 9.10. The summed E-state index contributed by atoms with van der Waals surface area (Å²) in [6.07, 6.45) is 1.56. The van der Waals surface area contributed by atoms with E-state index in [1.54, 1.807) is 0 Å². The van der Waals surface area contributed by atoms with Crippen LogP contribution in [0.5, 0.6) is 0 Å². The Hall–Kier alpha value is -1.76. The van der Waals surface area contributed by atoms with Gasteiger partial charge in [-0.1, -0.05) is 0 Å². The van der Waals surface area contributed by atoms with E-state index in [0.717, 1.165) is 0 Å². The highest BCUT2D eigenvalue weighted by Gasteiger charge is 2.33. The van der Waals surface area contributed by atoms with Crippen LogP contribution in [-0.4, -0.2) is 27.8 Å². The van der Waals surface area contributed by atoms with Crippen molar-refractivity contribution in [1.29, 1.82) is 0 Å². The maximum atomic E-state index is 11.6. The lowest BCUT2D eigenvalue weighted by Crippen LogP contribution is -2.32. The van der Waals surface area contributed by atoms with E-state index in [1.165, 1.54) is 18.3 Å². The molecule has 2 heterocycles. The number of amides is 2. The number of aromatic nitrogens is 1. The molecule has 6 nitrogen and oxygen atoms in total. The van der Waals surface area contributed by atoms with Gasteiger partial charge in [-0.15, -0.1) is 5.06 Å². The third-order valence-corrected chi connectivity index (χ3v) is 2.58. The van der Waals surface area contributed by atoms with Gasteiger partial charge in [-0.05, 0) is 28.1 Å². The molecular formula is C10H7BrN2O4. The Kier molecular flexibility index (Phi) is 3.19. The molecule has 0 spiro atoms. The van der Waals surface area contributed by atoms with Gasteiger partial charge in [0.1, 0.15) is 4.60 Å². The Bertz CT molecular complexity index is 487. The monoisotopic (exact) mass is 298 g/mol. The van der Waals surface area contributed by atoms with Crippen molar-refractivity contribution in [3.63, 3.8) is 0 Å². The molecule has 2 rings (SSSR count). The largest absolute Gasteiger partial charge is 0.364 e. The van der Waals surface area contributed by atoms with E-state index in [1.807, 2.05) is 0 Å². The number of hydrogen-bond donors (Lipinski definition) is 0. The first kappa shape index (κ1) is 11.7. The van der Waals surface area contributed by atoms with Gasteiger partial charge >= 0.3 is 5.97 Å². The van der Waals surface area contributed by atoms with Crippen LogP contribution in [0.4, 0.5) is 0 Å². The quantitative estimate of drug-likeness (QED) is 0.603. The van der Waals surface area contributed by atoms with Crippen molar-refractivity contribution in [2.24, 2.45) is 0 Å². The molecule has 0 unspecified atom stereocenters. The molecule has 0 saturated carbocycles. The van der Waals surface area contributed by atoms with Gasteiger partial charge in [0.15, 0.2) is 0 Å². The van der Waals surface area contributed by atoms with Crippen molar-refractivity contribution in [2.75, 3.05) is 0 Å². The van der Waals surface area contributed by atoms with Gasteiger partial charge in [-0.2, -0.15) is 0 Å². The second-order valence-corrected chi connectivity index (χ2v) is 4.14. The molecule has 1 aliphatic heterocycles. The van der Waals surface area contributed by atoms with E-state index in [0.29, 0.717) is 9.67 Å². The van der Waals surface area contributed by atoms with E-state index < -0.39 is 17.8 Å². The van der Waals surface area contributed by atoms with Gasteiger partial charge in [-0.25, -0.2) is 9.78 Å². The third kappa shape index (κ3) is 2.50. The summed E-state index contributed by atoms with van der Waals surface area (Å²) < 4.78 is 0.464. The zero-order chi connectivity index (χ0) is 12.4. The van der Waals surface area contributed by atoms with Gasteiger partial charge in [0.05, 0.1) is 5.56 Å². The summed E-state index contributed by atoms with van der Waals surface area (Å²) in [5.41, 5.74) is 0.208. The van der Waals surface area contributed by atoms with Crippen LogP contribution in [0.15, 0.2) is 22.9 Å². The SMILES string of the molecule is O=C(ON1C(=O)CCC1=O)c1ccnc(Br)c1. The van der Waals surface area contributed by atoms with Gasteiger partial charge in [0, 0.05) is 19.0 Å². The van der Waals surface area contributed by atoms with Crippen LogP contribution in [0.1, 0.15) is 23.2 Å². The third-order valence-electron chi connectivity index (χ3n) is 2.14. The molecule has 0 aromatic carbocycles. The maximum absolute atomic E-state index is 11.6. The van der Waals surface area contributed by atoms with E-state index >= 15 is 0 Å². The van der Waals surface area contributed by atoms with Crippen molar-refractivity contribution in [1.82, 2.24) is 10.0 Å². The topological polar surface area (TPSA) is 76.6 Å². The van der Waals surface area contributed by atoms with Crippen LogP contribution in [0.2, 0.25) is 0 Å². The molecule has 1 aliphatic rings. The molecule has 1 aromatic heterocycles. The summed E-state index contributed by atoms with van der Waals surface area (Å²) in [4.78, 5) is 42.6. The summed E-state index contributed by atoms with van der Waals surface area (Å²) in [6.45, 7) is 0. The first-order valence-corrected chi connectivity index (χ1v) is 5.57. The summed E-state index contributed by atoms with van der Waals surface area (Å²) in [5, 5.41) is 0.511.